The van der Waals surface area contributed by atoms with Crippen LogP contribution in [0.5, 0.6) is 5.75 Å². The maximum absolute atomic E-state index is 13.6. The highest BCUT2D eigenvalue weighted by atomic mass is 32.2. The molecule has 1 N–H and O–H groups in total. The Morgan fingerprint density at radius 3 is 1.79 bits per heavy atom. The molecule has 3 aromatic carbocycles. The first kappa shape index (κ1) is 25.5. The summed E-state index contributed by atoms with van der Waals surface area (Å²) in [5.41, 5.74) is 1.81. The number of nitrogens with one attached hydrogen (secondary N) is 1. The van der Waals surface area contributed by atoms with Gasteiger partial charge in [-0.05, 0) is 48.2 Å². The number of hydrogen-bond acceptors (Lipinski definition) is 4. The summed E-state index contributed by atoms with van der Waals surface area (Å²) in [5, 5.41) is 2.83. The van der Waals surface area contributed by atoms with Gasteiger partial charge in [-0.25, -0.2) is 8.42 Å². The predicted molar refractivity (Wildman–Crippen MR) is 134 cm³/mol. The van der Waals surface area contributed by atoms with Crippen LogP contribution in [-0.2, 0) is 27.9 Å². The van der Waals surface area contributed by atoms with E-state index in [2.05, 4.69) is 5.32 Å². The summed E-state index contributed by atoms with van der Waals surface area (Å²) < 4.78 is 34.3. The van der Waals surface area contributed by atoms with Gasteiger partial charge in [-0.15, -0.1) is 0 Å². The van der Waals surface area contributed by atoms with E-state index in [9.17, 15) is 13.2 Å². The lowest BCUT2D eigenvalue weighted by molar-refractivity contribution is -0.127. The van der Waals surface area contributed by atoms with Crippen molar-refractivity contribution in [2.45, 2.75) is 44.9 Å². The topological polar surface area (TPSA) is 75.7 Å². The maximum Gasteiger partial charge on any atom is 0.260 e. The number of carbonyl (C=O) groups excluding carboxylic acids is 1. The summed E-state index contributed by atoms with van der Waals surface area (Å²) in [5.74, 6) is 0.571. The molecule has 0 bridgehead atoms. The Kier molecular flexibility index (Phi) is 8.85. The van der Waals surface area contributed by atoms with Gasteiger partial charge in [0.1, 0.15) is 5.75 Å². The molecule has 7 heteroatoms. The smallest absolute Gasteiger partial charge is 0.260 e. The Balaban J connectivity index is 1.77. The Morgan fingerprint density at radius 2 is 1.32 bits per heavy atom. The van der Waals surface area contributed by atoms with Gasteiger partial charge in [0.15, 0.2) is 6.10 Å². The second kappa shape index (κ2) is 11.8. The fourth-order valence-corrected chi connectivity index (χ4v) is 4.76. The minimum Gasteiger partial charge on any atom is -0.481 e. The van der Waals surface area contributed by atoms with E-state index in [0.717, 1.165) is 11.1 Å². The number of nitrogens with zero attached hydrogens (tertiary/aromatic N) is 1. The molecule has 180 valence electrons. The number of ether oxygens (including phenoxy) is 1. The summed E-state index contributed by atoms with van der Waals surface area (Å²) in [4.78, 5) is 12.3. The van der Waals surface area contributed by atoms with Crippen LogP contribution in [0.4, 0.5) is 0 Å². The number of carbonyl (C=O) groups is 1. The third-order valence-electron chi connectivity index (χ3n) is 5.23. The Bertz CT molecular complexity index is 1110. The normalized spacial score (nSPS) is 12.5. The highest BCUT2D eigenvalue weighted by Crippen LogP contribution is 2.24. The Morgan fingerprint density at radius 1 is 0.824 bits per heavy atom. The van der Waals surface area contributed by atoms with Crippen molar-refractivity contribution in [3.63, 3.8) is 0 Å². The first-order chi connectivity index (χ1) is 16.3. The molecule has 0 radical (unpaired) electrons. The van der Waals surface area contributed by atoms with Crippen LogP contribution in [-0.4, -0.2) is 31.3 Å². The standard InChI is InChI=1S/C27H32N2O4S/c1-21(2)18-28-27(30)22(3)33-25-14-16-26(17-15-25)34(31,32)29(19-23-10-6-4-7-11-23)20-24-12-8-5-9-13-24/h4-17,21-22H,18-20H2,1-3H3,(H,28,30)/t22-/m0/s1. The largest absolute Gasteiger partial charge is 0.481 e. The van der Waals surface area contributed by atoms with E-state index in [1.807, 2.05) is 74.5 Å². The van der Waals surface area contributed by atoms with Gasteiger partial charge >= 0.3 is 0 Å². The molecule has 0 aromatic heterocycles. The van der Waals surface area contributed by atoms with Crippen molar-refractivity contribution in [2.24, 2.45) is 5.92 Å². The van der Waals surface area contributed by atoms with Gasteiger partial charge in [-0.2, -0.15) is 4.31 Å². The molecule has 6 nitrogen and oxygen atoms in total. The van der Waals surface area contributed by atoms with Crippen LogP contribution in [0.15, 0.2) is 89.8 Å². The van der Waals surface area contributed by atoms with E-state index in [4.69, 9.17) is 4.74 Å². The highest BCUT2D eigenvalue weighted by Gasteiger charge is 2.25. The second-order valence-corrected chi connectivity index (χ2v) is 10.6. The monoisotopic (exact) mass is 480 g/mol. The molecule has 1 amide bonds. The molecule has 0 aliphatic carbocycles. The van der Waals surface area contributed by atoms with Crippen LogP contribution < -0.4 is 10.1 Å². The van der Waals surface area contributed by atoms with Crippen LogP contribution in [0.2, 0.25) is 0 Å². The van der Waals surface area contributed by atoms with E-state index < -0.39 is 16.1 Å². The zero-order valence-corrected chi connectivity index (χ0v) is 20.7. The molecule has 34 heavy (non-hydrogen) atoms. The average Bonchev–Trinajstić information content (AvgIpc) is 2.83. The molecule has 0 fully saturated rings. The van der Waals surface area contributed by atoms with E-state index >= 15 is 0 Å². The number of benzene rings is 3. The molecule has 1 atom stereocenters. The predicted octanol–water partition coefficient (Wildman–Crippen LogP) is 4.62. The molecule has 0 heterocycles. The summed E-state index contributed by atoms with van der Waals surface area (Å²) in [7, 11) is -3.78. The molecule has 3 rings (SSSR count). The Hall–Kier alpha value is -3.16. The van der Waals surface area contributed by atoms with Crippen molar-refractivity contribution >= 4 is 15.9 Å². The minimum absolute atomic E-state index is 0.170. The summed E-state index contributed by atoms with van der Waals surface area (Å²) in [6.45, 7) is 6.78. The van der Waals surface area contributed by atoms with Crippen molar-refractivity contribution in [3.05, 3.63) is 96.1 Å². The minimum atomic E-state index is -3.78. The second-order valence-electron chi connectivity index (χ2n) is 8.61. The lowest BCUT2D eigenvalue weighted by atomic mass is 10.2. The summed E-state index contributed by atoms with van der Waals surface area (Å²) in [6, 6.07) is 25.3. The van der Waals surface area contributed by atoms with Crippen LogP contribution >= 0.6 is 0 Å². The van der Waals surface area contributed by atoms with Gasteiger partial charge in [0.05, 0.1) is 4.90 Å². The van der Waals surface area contributed by atoms with E-state index in [0.29, 0.717) is 18.2 Å². The molecule has 3 aromatic rings. The third kappa shape index (κ3) is 7.17. The SMILES string of the molecule is CC(C)CNC(=O)[C@H](C)Oc1ccc(S(=O)(=O)N(Cc2ccccc2)Cc2ccccc2)cc1. The molecule has 0 saturated heterocycles. The molecule has 0 aliphatic heterocycles. The van der Waals surface area contributed by atoms with Gasteiger partial charge < -0.3 is 10.1 Å². The Labute approximate surface area is 202 Å². The summed E-state index contributed by atoms with van der Waals surface area (Å²) in [6.07, 6.45) is -0.686. The van der Waals surface area contributed by atoms with Gasteiger partial charge in [-0.3, -0.25) is 4.79 Å². The highest BCUT2D eigenvalue weighted by molar-refractivity contribution is 7.89. The van der Waals surface area contributed by atoms with Gasteiger partial charge in [0.2, 0.25) is 10.0 Å². The number of hydrogen-bond donors (Lipinski definition) is 1. The van der Waals surface area contributed by atoms with Crippen LogP contribution in [0, 0.1) is 5.92 Å². The van der Waals surface area contributed by atoms with E-state index in [1.54, 1.807) is 19.1 Å². The van der Waals surface area contributed by atoms with Gasteiger partial charge in [0.25, 0.3) is 5.91 Å². The third-order valence-corrected chi connectivity index (χ3v) is 7.04. The zero-order chi connectivity index (χ0) is 24.6. The molecular weight excluding hydrogens is 448 g/mol. The molecule has 0 unspecified atom stereocenters. The molecule has 0 spiro atoms. The number of rotatable bonds is 11. The van der Waals surface area contributed by atoms with Crippen molar-refractivity contribution in [1.29, 1.82) is 0 Å². The average molecular weight is 481 g/mol. The van der Waals surface area contributed by atoms with Crippen molar-refractivity contribution in [1.82, 2.24) is 9.62 Å². The van der Waals surface area contributed by atoms with E-state index in [-0.39, 0.29) is 23.9 Å². The lowest BCUT2D eigenvalue weighted by Crippen LogP contribution is -2.38. The van der Waals surface area contributed by atoms with Gasteiger partial charge in [0, 0.05) is 19.6 Å². The van der Waals surface area contributed by atoms with Crippen LogP contribution in [0.25, 0.3) is 0 Å². The fourth-order valence-electron chi connectivity index (χ4n) is 3.35. The number of sulfonamides is 1. The van der Waals surface area contributed by atoms with E-state index in [1.165, 1.54) is 16.4 Å². The van der Waals surface area contributed by atoms with Crippen LogP contribution in [0.3, 0.4) is 0 Å². The van der Waals surface area contributed by atoms with Crippen molar-refractivity contribution in [2.75, 3.05) is 6.54 Å². The zero-order valence-electron chi connectivity index (χ0n) is 19.8. The lowest BCUT2D eigenvalue weighted by Gasteiger charge is -2.23. The summed E-state index contributed by atoms with van der Waals surface area (Å²) >= 11 is 0. The van der Waals surface area contributed by atoms with Crippen molar-refractivity contribution in [3.8, 4) is 5.75 Å². The molecule has 0 aliphatic rings. The van der Waals surface area contributed by atoms with Crippen molar-refractivity contribution < 1.29 is 17.9 Å². The van der Waals surface area contributed by atoms with Crippen LogP contribution in [0.1, 0.15) is 31.9 Å². The maximum atomic E-state index is 13.6. The molecular formula is C27H32N2O4S. The van der Waals surface area contributed by atoms with Gasteiger partial charge in [-0.1, -0.05) is 74.5 Å². The first-order valence-corrected chi connectivity index (χ1v) is 12.8. The quantitative estimate of drug-likeness (QED) is 0.435. The number of amides is 1. The fraction of sp³-hybridized carbons (Fsp3) is 0.296. The molecule has 0 saturated carbocycles. The first-order valence-electron chi connectivity index (χ1n) is 11.4.